The Morgan fingerprint density at radius 2 is 1.28 bits per heavy atom. The number of halogens is 6. The minimum Gasteiger partial charge on any atom is -0.359 e. The number of anilines is 1. The van der Waals surface area contributed by atoms with Crippen molar-refractivity contribution in [1.29, 1.82) is 0 Å². The summed E-state index contributed by atoms with van der Waals surface area (Å²) in [6.45, 7) is 3.66. The third-order valence-corrected chi connectivity index (χ3v) is 9.70. The molecule has 1 aliphatic rings. The van der Waals surface area contributed by atoms with Crippen LogP contribution in [-0.4, -0.2) is 28.5 Å². The Bertz CT molecular complexity index is 1190. The topological polar surface area (TPSA) is 75.3 Å². The van der Waals surface area contributed by atoms with E-state index in [4.69, 9.17) is 69.6 Å². The number of alkyl halides is 4. The summed E-state index contributed by atoms with van der Waals surface area (Å²) in [7, 11) is -4.35. The summed E-state index contributed by atoms with van der Waals surface area (Å²) in [5.41, 5.74) is -0.222. The van der Waals surface area contributed by atoms with Gasteiger partial charge in [-0.1, -0.05) is 105 Å². The molecule has 0 aliphatic heterocycles. The van der Waals surface area contributed by atoms with E-state index in [0.29, 0.717) is 5.69 Å². The number of Topliss-reactive ketones (excluding diaryl/α,β-unsaturated/α-hetero) is 1. The molecule has 2 N–H and O–H groups in total. The number of benzene rings is 2. The Morgan fingerprint density at radius 3 is 1.78 bits per heavy atom. The summed E-state index contributed by atoms with van der Waals surface area (Å²) >= 11 is 38.2. The predicted octanol–water partition coefficient (Wildman–Crippen LogP) is 6.01. The minimum atomic E-state index is -4.35. The number of hydrogen-bond acceptors (Lipinski definition) is 4. The van der Waals surface area contributed by atoms with Crippen LogP contribution >= 0.6 is 69.6 Å². The van der Waals surface area contributed by atoms with Crippen molar-refractivity contribution in [2.75, 3.05) is 5.32 Å². The van der Waals surface area contributed by atoms with Crippen LogP contribution in [0.3, 0.4) is 0 Å². The van der Waals surface area contributed by atoms with Crippen LogP contribution in [0, 0.1) is 13.8 Å². The fraction of sp³-hybridized carbons (Fsp3) is 0.250. The lowest BCUT2D eigenvalue weighted by Crippen LogP contribution is -2.73. The van der Waals surface area contributed by atoms with Crippen LogP contribution in [0.5, 0.6) is 0 Å². The summed E-state index contributed by atoms with van der Waals surface area (Å²) in [4.78, 5) is 12.5. The maximum atomic E-state index is 13.3. The van der Waals surface area contributed by atoms with Crippen molar-refractivity contribution in [3.63, 3.8) is 0 Å². The summed E-state index contributed by atoms with van der Waals surface area (Å²) in [6.07, 6.45) is 0. The largest absolute Gasteiger partial charge is 0.359 e. The number of allylic oxidation sites excluding steroid dienone is 1. The first-order valence-corrected chi connectivity index (χ1v) is 12.7. The van der Waals surface area contributed by atoms with Crippen molar-refractivity contribution in [3.8, 4) is 0 Å². The van der Waals surface area contributed by atoms with Crippen LogP contribution in [0.1, 0.15) is 11.1 Å². The first-order chi connectivity index (χ1) is 14.7. The van der Waals surface area contributed by atoms with Crippen LogP contribution < -0.4 is 10.0 Å². The molecule has 3 rings (SSSR count). The molecule has 0 amide bonds. The molecule has 0 spiro atoms. The molecule has 1 atom stereocenters. The van der Waals surface area contributed by atoms with Crippen molar-refractivity contribution in [2.24, 2.45) is 0 Å². The maximum absolute atomic E-state index is 13.3. The number of ketones is 1. The minimum absolute atomic E-state index is 0.121. The Balaban J connectivity index is 2.27. The fourth-order valence-electron chi connectivity index (χ4n) is 3.02. The predicted molar refractivity (Wildman–Crippen MR) is 132 cm³/mol. The molecule has 0 saturated heterocycles. The molecule has 32 heavy (non-hydrogen) atoms. The van der Waals surface area contributed by atoms with Crippen LogP contribution in [-0.2, 0) is 14.8 Å². The monoisotopic (exact) mass is 574 g/mol. The Labute approximate surface area is 216 Å². The lowest BCUT2D eigenvalue weighted by atomic mass is 9.92. The zero-order chi connectivity index (χ0) is 24.1. The van der Waals surface area contributed by atoms with Crippen LogP contribution in [0.25, 0.3) is 0 Å². The van der Waals surface area contributed by atoms with E-state index < -0.39 is 40.2 Å². The summed E-state index contributed by atoms with van der Waals surface area (Å²) < 4.78 is 23.9. The van der Waals surface area contributed by atoms with Gasteiger partial charge in [0.15, 0.2) is 5.66 Å². The highest BCUT2D eigenvalue weighted by Gasteiger charge is 2.71. The van der Waals surface area contributed by atoms with Gasteiger partial charge >= 0.3 is 0 Å². The van der Waals surface area contributed by atoms with Gasteiger partial charge in [-0.15, -0.1) is 0 Å². The van der Waals surface area contributed by atoms with Crippen LogP contribution in [0.2, 0.25) is 0 Å². The molecule has 0 heterocycles. The van der Waals surface area contributed by atoms with Gasteiger partial charge in [0.25, 0.3) is 0 Å². The van der Waals surface area contributed by atoms with Gasteiger partial charge in [0, 0.05) is 5.69 Å². The van der Waals surface area contributed by atoms with E-state index in [2.05, 4.69) is 10.0 Å². The molecule has 0 saturated carbocycles. The second-order valence-electron chi connectivity index (χ2n) is 7.27. The molecule has 172 valence electrons. The van der Waals surface area contributed by atoms with Crippen molar-refractivity contribution in [2.45, 2.75) is 33.1 Å². The number of hydrogen-bond donors (Lipinski definition) is 2. The van der Waals surface area contributed by atoms with E-state index in [1.807, 2.05) is 6.92 Å². The van der Waals surface area contributed by atoms with Crippen molar-refractivity contribution < 1.29 is 13.2 Å². The van der Waals surface area contributed by atoms with Crippen LogP contribution in [0.15, 0.2) is 63.5 Å². The quantitative estimate of drug-likeness (QED) is 0.338. The van der Waals surface area contributed by atoms with Crippen molar-refractivity contribution in [1.82, 2.24) is 4.72 Å². The molecule has 0 fully saturated rings. The molecule has 1 aliphatic carbocycles. The molecule has 0 bridgehead atoms. The fourth-order valence-corrected chi connectivity index (χ4v) is 6.33. The number of aryl methyl sites for hydroxylation is 2. The average Bonchev–Trinajstić information content (AvgIpc) is 2.72. The molecule has 0 radical (unpaired) electrons. The third kappa shape index (κ3) is 4.25. The first kappa shape index (κ1) is 25.9. The molecule has 0 aromatic heterocycles. The Kier molecular flexibility index (Phi) is 7.14. The van der Waals surface area contributed by atoms with Gasteiger partial charge in [-0.3, -0.25) is 4.79 Å². The molecule has 12 heteroatoms. The van der Waals surface area contributed by atoms with E-state index in [1.54, 1.807) is 43.3 Å². The van der Waals surface area contributed by atoms with Gasteiger partial charge < -0.3 is 5.32 Å². The third-order valence-electron chi connectivity index (χ3n) is 4.87. The number of sulfonamides is 1. The van der Waals surface area contributed by atoms with E-state index in [1.165, 1.54) is 12.1 Å². The maximum Gasteiger partial charge on any atom is 0.242 e. The molecule has 5 nitrogen and oxygen atoms in total. The lowest BCUT2D eigenvalue weighted by molar-refractivity contribution is -0.116. The normalized spacial score (nSPS) is 22.7. The molecular formula is C20H16Cl6N2O3S. The molecular weight excluding hydrogens is 561 g/mol. The molecule has 2 aromatic rings. The molecule has 0 unspecified atom stereocenters. The van der Waals surface area contributed by atoms with Crippen LogP contribution in [0.4, 0.5) is 5.69 Å². The number of nitrogens with one attached hydrogen (secondary N) is 2. The summed E-state index contributed by atoms with van der Waals surface area (Å²) in [5, 5.41) is 1.71. The average molecular weight is 577 g/mol. The zero-order valence-electron chi connectivity index (χ0n) is 16.5. The van der Waals surface area contributed by atoms with Gasteiger partial charge in [0.2, 0.25) is 24.5 Å². The second-order valence-corrected chi connectivity index (χ2v) is 12.4. The number of carbonyl (C=O) groups excluding carboxylic acids is 1. The van der Waals surface area contributed by atoms with Gasteiger partial charge in [-0.25, -0.2) is 8.42 Å². The number of rotatable bonds is 5. The smallest absolute Gasteiger partial charge is 0.242 e. The standard InChI is InChI=1S/C20H16Cl6N2O3S/c1-11-3-7-13(8-4-11)27-19(28-32(30,31)14-9-5-12(2)6-10-14)16(22)15(21)17(29)18(23,24)20(19,25)26/h3-10,27-28H,1-2H3/t19-/m0/s1. The second kappa shape index (κ2) is 8.82. The van der Waals surface area contributed by atoms with E-state index in [-0.39, 0.29) is 4.90 Å². The Hall–Kier alpha value is -0.700. The summed E-state index contributed by atoms with van der Waals surface area (Å²) in [5.74, 6) is -1.08. The summed E-state index contributed by atoms with van der Waals surface area (Å²) in [6, 6.07) is 12.7. The van der Waals surface area contributed by atoms with Gasteiger partial charge in [-0.2, -0.15) is 4.72 Å². The van der Waals surface area contributed by atoms with Gasteiger partial charge in [0.05, 0.1) is 9.93 Å². The van der Waals surface area contributed by atoms with Crippen molar-refractivity contribution in [3.05, 3.63) is 69.7 Å². The highest BCUT2D eigenvalue weighted by Crippen LogP contribution is 2.58. The van der Waals surface area contributed by atoms with Gasteiger partial charge in [-0.05, 0) is 38.1 Å². The van der Waals surface area contributed by atoms with E-state index in [0.717, 1.165) is 11.1 Å². The van der Waals surface area contributed by atoms with E-state index >= 15 is 0 Å². The van der Waals surface area contributed by atoms with E-state index in [9.17, 15) is 13.2 Å². The van der Waals surface area contributed by atoms with Gasteiger partial charge in [0.1, 0.15) is 5.03 Å². The highest BCUT2D eigenvalue weighted by molar-refractivity contribution is 7.89. The molecule has 2 aromatic carbocycles. The Morgan fingerprint density at radius 1 is 0.812 bits per heavy atom. The highest BCUT2D eigenvalue weighted by atomic mass is 35.5. The number of carbonyl (C=O) groups is 1. The SMILES string of the molecule is Cc1ccc(N[C@]2(NS(=O)(=O)c3ccc(C)cc3)C(Cl)=C(Cl)C(=O)C(Cl)(Cl)C2(Cl)Cl)cc1. The first-order valence-electron chi connectivity index (χ1n) is 8.97. The lowest BCUT2D eigenvalue weighted by Gasteiger charge is -2.50. The zero-order valence-corrected chi connectivity index (χ0v) is 21.9. The van der Waals surface area contributed by atoms with Crippen molar-refractivity contribution >= 4 is 91.1 Å².